The van der Waals surface area contributed by atoms with Gasteiger partial charge >= 0.3 is 5.97 Å². The topological polar surface area (TPSA) is 70.7 Å². The van der Waals surface area contributed by atoms with Crippen LogP contribution in [0.2, 0.25) is 0 Å². The minimum atomic E-state index is -1.08. The number of piperidine rings is 1. The van der Waals surface area contributed by atoms with Crippen molar-refractivity contribution in [2.75, 3.05) is 11.4 Å². The Bertz CT molecular complexity index is 1130. The number of anilines is 1. The molecule has 144 valence electrons. The van der Waals surface area contributed by atoms with Crippen LogP contribution in [0, 0.1) is 17.6 Å². The number of rotatable bonds is 4. The molecule has 6 nitrogen and oxygen atoms in total. The normalized spacial score (nSPS) is 23.2. The Morgan fingerprint density at radius 3 is 2.89 bits per heavy atom. The third-order valence-electron chi connectivity index (χ3n) is 6.02. The predicted molar refractivity (Wildman–Crippen MR) is 97.4 cm³/mol. The van der Waals surface area contributed by atoms with Crippen molar-refractivity contribution in [1.82, 2.24) is 14.6 Å². The Morgan fingerprint density at radius 2 is 2.18 bits per heavy atom. The summed E-state index contributed by atoms with van der Waals surface area (Å²) in [5, 5.41) is 13.9. The zero-order valence-corrected chi connectivity index (χ0v) is 15.2. The molecule has 3 aromatic rings. The number of nitrogens with zero attached hydrogens (tertiary/aromatic N) is 4. The molecule has 8 heteroatoms. The van der Waals surface area contributed by atoms with Gasteiger partial charge in [-0.15, -0.1) is 0 Å². The third kappa shape index (κ3) is 2.20. The van der Waals surface area contributed by atoms with E-state index in [4.69, 9.17) is 0 Å². The van der Waals surface area contributed by atoms with Crippen LogP contribution in [-0.2, 0) is 12.0 Å². The molecule has 1 aliphatic carbocycles. The van der Waals surface area contributed by atoms with E-state index in [9.17, 15) is 18.7 Å². The molecule has 3 heterocycles. The zero-order chi connectivity index (χ0) is 19.6. The van der Waals surface area contributed by atoms with Crippen molar-refractivity contribution in [3.8, 4) is 0 Å². The number of carboxylic acids is 1. The van der Waals surface area contributed by atoms with Gasteiger partial charge in [-0.05, 0) is 49.4 Å². The minimum Gasteiger partial charge on any atom is -0.477 e. The Morgan fingerprint density at radius 1 is 1.36 bits per heavy atom. The van der Waals surface area contributed by atoms with Crippen LogP contribution in [0.5, 0.6) is 0 Å². The van der Waals surface area contributed by atoms with Crippen LogP contribution in [0.3, 0.4) is 0 Å². The second-order valence-electron chi connectivity index (χ2n) is 7.42. The Labute approximate surface area is 159 Å². The van der Waals surface area contributed by atoms with Gasteiger partial charge in [0, 0.05) is 18.3 Å². The fourth-order valence-electron chi connectivity index (χ4n) is 4.68. The highest BCUT2D eigenvalue weighted by molar-refractivity contribution is 5.96. The lowest BCUT2D eigenvalue weighted by molar-refractivity contribution is 0.0697. The lowest BCUT2D eigenvalue weighted by Gasteiger charge is -2.30. The molecular formula is C20H18F2N4O2. The van der Waals surface area contributed by atoms with E-state index >= 15 is 0 Å². The number of aromatic carboxylic acids is 1. The molecule has 2 fully saturated rings. The highest BCUT2D eigenvalue weighted by Crippen LogP contribution is 2.63. The lowest BCUT2D eigenvalue weighted by Crippen LogP contribution is -2.34. The summed E-state index contributed by atoms with van der Waals surface area (Å²) in [5.41, 5.74) is 0.545. The smallest absolute Gasteiger partial charge is 0.341 e. The van der Waals surface area contributed by atoms with E-state index in [0.717, 1.165) is 25.0 Å². The van der Waals surface area contributed by atoms with E-state index in [1.54, 1.807) is 12.3 Å². The first-order valence-electron chi connectivity index (χ1n) is 9.30. The highest BCUT2D eigenvalue weighted by Gasteiger charge is 2.64. The first-order chi connectivity index (χ1) is 13.5. The highest BCUT2D eigenvalue weighted by atomic mass is 19.1. The summed E-state index contributed by atoms with van der Waals surface area (Å²) in [7, 11) is 0. The summed E-state index contributed by atoms with van der Waals surface area (Å²) < 4.78 is 29.8. The van der Waals surface area contributed by atoms with Gasteiger partial charge in [-0.3, -0.25) is 0 Å². The molecule has 2 aromatic heterocycles. The van der Waals surface area contributed by atoms with E-state index in [-0.39, 0.29) is 17.1 Å². The first-order valence-corrected chi connectivity index (χ1v) is 9.30. The van der Waals surface area contributed by atoms with Crippen LogP contribution in [0.1, 0.15) is 41.4 Å². The first kappa shape index (κ1) is 17.1. The van der Waals surface area contributed by atoms with E-state index in [0.29, 0.717) is 30.0 Å². The maximum Gasteiger partial charge on any atom is 0.341 e. The van der Waals surface area contributed by atoms with Crippen molar-refractivity contribution < 1.29 is 18.7 Å². The van der Waals surface area contributed by atoms with Crippen LogP contribution in [-0.4, -0.2) is 32.2 Å². The number of carbonyl (C=O) groups is 1. The standard InChI is InChI=1S/C20H18F2N4O2/c1-2-15-17(19(27)28)18-23-16(6-8-26(18)24-15)25-7-5-11-10-20(11,25)13-9-12(21)3-4-14(13)22/h3-4,6,8-9,11H,2,5,7,10H2,1H3,(H,27,28)/t11-,20+/m0/s1. The van der Waals surface area contributed by atoms with Crippen molar-refractivity contribution in [1.29, 1.82) is 0 Å². The van der Waals surface area contributed by atoms with Gasteiger partial charge in [0.05, 0.1) is 11.2 Å². The van der Waals surface area contributed by atoms with Gasteiger partial charge in [0.1, 0.15) is 23.0 Å². The molecule has 1 aromatic carbocycles. The number of benzene rings is 1. The number of aromatic nitrogens is 3. The monoisotopic (exact) mass is 384 g/mol. The second-order valence-corrected chi connectivity index (χ2v) is 7.42. The summed E-state index contributed by atoms with van der Waals surface area (Å²) in [6.07, 6.45) is 3.73. The fraction of sp³-hybridized carbons (Fsp3) is 0.350. The van der Waals surface area contributed by atoms with E-state index in [2.05, 4.69) is 10.1 Å². The van der Waals surface area contributed by atoms with Gasteiger partial charge in [-0.2, -0.15) is 5.10 Å². The third-order valence-corrected chi connectivity index (χ3v) is 6.02. The van der Waals surface area contributed by atoms with E-state index < -0.39 is 23.1 Å². The summed E-state index contributed by atoms with van der Waals surface area (Å²) >= 11 is 0. The SMILES string of the molecule is CCc1nn2ccc(N3CC[C@H]4C[C@]43c3cc(F)ccc3F)nc2c1C(=O)O. The lowest BCUT2D eigenvalue weighted by atomic mass is 10.0. The van der Waals surface area contributed by atoms with Crippen molar-refractivity contribution >= 4 is 17.4 Å². The molecule has 2 atom stereocenters. The molecule has 1 saturated heterocycles. The average molecular weight is 384 g/mol. The van der Waals surface area contributed by atoms with Crippen molar-refractivity contribution in [3.63, 3.8) is 0 Å². The molecule has 1 saturated carbocycles. The van der Waals surface area contributed by atoms with Crippen molar-refractivity contribution in [2.45, 2.75) is 31.7 Å². The minimum absolute atomic E-state index is 0.0851. The van der Waals surface area contributed by atoms with Crippen LogP contribution < -0.4 is 4.90 Å². The number of hydrogen-bond donors (Lipinski definition) is 1. The van der Waals surface area contributed by atoms with Gasteiger partial charge in [-0.25, -0.2) is 23.1 Å². The van der Waals surface area contributed by atoms with Crippen LogP contribution >= 0.6 is 0 Å². The van der Waals surface area contributed by atoms with Gasteiger partial charge in [-0.1, -0.05) is 6.92 Å². The predicted octanol–water partition coefficient (Wildman–Crippen LogP) is 3.39. The Hall–Kier alpha value is -3.03. The number of aryl methyl sites for hydroxylation is 1. The molecule has 0 amide bonds. The van der Waals surface area contributed by atoms with Crippen LogP contribution in [0.15, 0.2) is 30.5 Å². The summed E-state index contributed by atoms with van der Waals surface area (Å²) in [6.45, 7) is 2.49. The van der Waals surface area contributed by atoms with Crippen LogP contribution in [0.4, 0.5) is 14.6 Å². The molecule has 0 bridgehead atoms. The number of halogens is 2. The maximum atomic E-state index is 14.5. The Balaban J connectivity index is 1.65. The largest absolute Gasteiger partial charge is 0.477 e. The maximum absolute atomic E-state index is 14.5. The number of fused-ring (bicyclic) bond motifs is 2. The van der Waals surface area contributed by atoms with E-state index in [1.165, 1.54) is 10.6 Å². The van der Waals surface area contributed by atoms with Crippen LogP contribution in [0.25, 0.3) is 5.65 Å². The van der Waals surface area contributed by atoms with Gasteiger partial charge in [0.25, 0.3) is 0 Å². The second kappa shape index (κ2) is 5.73. The fourth-order valence-corrected chi connectivity index (χ4v) is 4.68. The van der Waals surface area contributed by atoms with Crippen molar-refractivity contribution in [3.05, 3.63) is 58.9 Å². The summed E-state index contributed by atoms with van der Waals surface area (Å²) in [6, 6.07) is 5.30. The molecule has 0 spiro atoms. The number of carboxylic acid groups (broad SMARTS) is 1. The molecule has 0 radical (unpaired) electrons. The van der Waals surface area contributed by atoms with Crippen molar-refractivity contribution in [2.24, 2.45) is 5.92 Å². The summed E-state index contributed by atoms with van der Waals surface area (Å²) in [5.74, 6) is -1.19. The molecular weight excluding hydrogens is 366 g/mol. The molecule has 2 aliphatic rings. The Kier molecular flexibility index (Phi) is 3.50. The summed E-state index contributed by atoms with van der Waals surface area (Å²) in [4.78, 5) is 18.3. The average Bonchev–Trinajstić information content (AvgIpc) is 3.10. The van der Waals surface area contributed by atoms with Gasteiger partial charge < -0.3 is 10.0 Å². The number of hydrogen-bond acceptors (Lipinski definition) is 4. The quantitative estimate of drug-likeness (QED) is 0.747. The molecule has 28 heavy (non-hydrogen) atoms. The molecule has 5 rings (SSSR count). The molecule has 1 N–H and O–H groups in total. The molecule has 1 aliphatic heterocycles. The van der Waals surface area contributed by atoms with Gasteiger partial charge in [0.2, 0.25) is 0 Å². The van der Waals surface area contributed by atoms with Gasteiger partial charge in [0.15, 0.2) is 5.65 Å². The zero-order valence-electron chi connectivity index (χ0n) is 15.2. The molecule has 0 unspecified atom stereocenters. The van der Waals surface area contributed by atoms with E-state index in [1.807, 2.05) is 11.8 Å².